The number of carbonyl (C=O) groups is 1. The third-order valence-electron chi connectivity index (χ3n) is 6.64. The number of fused-ring (bicyclic) bond motifs is 2. The molecule has 1 aliphatic rings. The largest absolute Gasteiger partial charge is 0.465 e. The smallest absolute Gasteiger partial charge is 0.407 e. The monoisotopic (exact) mass is 517 g/mol. The zero-order valence-corrected chi connectivity index (χ0v) is 20.5. The standard InChI is InChI=1S/C25H23N7O4S/c33-25(34)30-13-11-29(12-14-30)17-18-15-21-20(22-16-28-32-23(22)7-4-9-27-32)8-10-26-24(21)31(18)37(35,36)19-5-2-1-3-6-19/h1-10,15-16H,11-14,17H2,(H,33,34). The minimum atomic E-state index is -3.97. The summed E-state index contributed by atoms with van der Waals surface area (Å²) in [5.74, 6) is 0. The van der Waals surface area contributed by atoms with E-state index >= 15 is 0 Å². The third kappa shape index (κ3) is 3.99. The molecule has 5 aromatic rings. The van der Waals surface area contributed by atoms with Crippen molar-refractivity contribution in [3.8, 4) is 11.1 Å². The molecule has 1 saturated heterocycles. The highest BCUT2D eigenvalue weighted by atomic mass is 32.2. The van der Waals surface area contributed by atoms with Gasteiger partial charge in [-0.15, -0.1) is 0 Å². The number of aromatic nitrogens is 5. The molecule has 11 nitrogen and oxygen atoms in total. The molecular weight excluding hydrogens is 494 g/mol. The number of rotatable bonds is 5. The van der Waals surface area contributed by atoms with Crippen LogP contribution in [0.25, 0.3) is 27.7 Å². The van der Waals surface area contributed by atoms with Crippen LogP contribution in [-0.2, 0) is 16.6 Å². The molecule has 1 aromatic carbocycles. The first kappa shape index (κ1) is 23.1. The zero-order chi connectivity index (χ0) is 25.6. The van der Waals surface area contributed by atoms with Gasteiger partial charge in [0.15, 0.2) is 5.65 Å². The van der Waals surface area contributed by atoms with E-state index in [9.17, 15) is 18.3 Å². The second-order valence-electron chi connectivity index (χ2n) is 8.82. The second-order valence-corrected chi connectivity index (χ2v) is 10.6. The maximum Gasteiger partial charge on any atom is 0.407 e. The van der Waals surface area contributed by atoms with Crippen molar-refractivity contribution in [3.63, 3.8) is 0 Å². The molecule has 4 aromatic heterocycles. The number of carboxylic acid groups (broad SMARTS) is 1. The van der Waals surface area contributed by atoms with Crippen LogP contribution in [0.1, 0.15) is 5.69 Å². The van der Waals surface area contributed by atoms with Crippen molar-refractivity contribution in [3.05, 3.63) is 78.9 Å². The van der Waals surface area contributed by atoms with E-state index < -0.39 is 16.1 Å². The van der Waals surface area contributed by atoms with Crippen molar-refractivity contribution in [2.75, 3.05) is 26.2 Å². The summed E-state index contributed by atoms with van der Waals surface area (Å²) in [6, 6.07) is 15.7. The molecule has 1 fully saturated rings. The number of nitrogens with zero attached hydrogens (tertiary/aromatic N) is 7. The van der Waals surface area contributed by atoms with Crippen LogP contribution < -0.4 is 0 Å². The molecule has 0 spiro atoms. The van der Waals surface area contributed by atoms with Crippen molar-refractivity contribution >= 4 is 32.7 Å². The molecule has 6 rings (SSSR count). The summed E-state index contributed by atoms with van der Waals surface area (Å²) in [6.45, 7) is 2.05. The Bertz CT molecular complexity index is 1720. The topological polar surface area (TPSA) is 126 Å². The van der Waals surface area contributed by atoms with Gasteiger partial charge in [0, 0.05) is 56.1 Å². The van der Waals surface area contributed by atoms with E-state index in [1.54, 1.807) is 48.9 Å². The Balaban J connectivity index is 1.51. The highest BCUT2D eigenvalue weighted by Gasteiger charge is 2.28. The number of pyridine rings is 1. The quantitative estimate of drug-likeness (QED) is 0.377. The van der Waals surface area contributed by atoms with Gasteiger partial charge < -0.3 is 10.0 Å². The molecular formula is C25H23N7O4S. The average molecular weight is 518 g/mol. The van der Waals surface area contributed by atoms with Crippen LogP contribution in [0.5, 0.6) is 0 Å². The second kappa shape index (κ2) is 8.98. The summed E-state index contributed by atoms with van der Waals surface area (Å²) < 4.78 is 30.7. The van der Waals surface area contributed by atoms with Crippen molar-refractivity contribution in [1.29, 1.82) is 0 Å². The molecule has 0 radical (unpaired) electrons. The van der Waals surface area contributed by atoms with Gasteiger partial charge in [-0.25, -0.2) is 22.2 Å². The summed E-state index contributed by atoms with van der Waals surface area (Å²) >= 11 is 0. The number of hydrogen-bond acceptors (Lipinski definition) is 7. The van der Waals surface area contributed by atoms with E-state index in [1.165, 1.54) is 13.5 Å². The minimum Gasteiger partial charge on any atom is -0.465 e. The molecule has 12 heteroatoms. The van der Waals surface area contributed by atoms with Gasteiger partial charge in [-0.3, -0.25) is 4.90 Å². The summed E-state index contributed by atoms with van der Waals surface area (Å²) in [5.41, 5.74) is 3.28. The summed E-state index contributed by atoms with van der Waals surface area (Å²) in [7, 11) is -3.97. The van der Waals surface area contributed by atoms with Gasteiger partial charge in [0.1, 0.15) is 0 Å². The lowest BCUT2D eigenvalue weighted by atomic mass is 10.1. The molecule has 0 unspecified atom stereocenters. The Morgan fingerprint density at radius 1 is 0.919 bits per heavy atom. The Morgan fingerprint density at radius 2 is 1.70 bits per heavy atom. The lowest BCUT2D eigenvalue weighted by Crippen LogP contribution is -2.48. The van der Waals surface area contributed by atoms with Gasteiger partial charge in [-0.1, -0.05) is 18.2 Å². The fraction of sp³-hybridized carbons (Fsp3) is 0.200. The van der Waals surface area contributed by atoms with Crippen LogP contribution in [0, 0.1) is 0 Å². The summed E-state index contributed by atoms with van der Waals surface area (Å²) in [5, 5.41) is 18.6. The first-order chi connectivity index (χ1) is 17.9. The van der Waals surface area contributed by atoms with E-state index in [1.807, 2.05) is 24.3 Å². The number of hydrogen-bond donors (Lipinski definition) is 1. The van der Waals surface area contributed by atoms with Gasteiger partial charge in [-0.2, -0.15) is 14.8 Å². The summed E-state index contributed by atoms with van der Waals surface area (Å²) in [4.78, 5) is 19.4. The van der Waals surface area contributed by atoms with Crippen LogP contribution in [0.2, 0.25) is 0 Å². The molecule has 1 aliphatic heterocycles. The van der Waals surface area contributed by atoms with Crippen molar-refractivity contribution in [1.82, 2.24) is 33.6 Å². The van der Waals surface area contributed by atoms with Gasteiger partial charge in [-0.05, 0) is 42.0 Å². The predicted molar refractivity (Wildman–Crippen MR) is 136 cm³/mol. The lowest BCUT2D eigenvalue weighted by molar-refractivity contribution is 0.102. The van der Waals surface area contributed by atoms with Gasteiger partial charge in [0.25, 0.3) is 10.0 Å². The number of piperazine rings is 1. The Morgan fingerprint density at radius 3 is 2.46 bits per heavy atom. The zero-order valence-electron chi connectivity index (χ0n) is 19.7. The fourth-order valence-corrected chi connectivity index (χ4v) is 6.31. The van der Waals surface area contributed by atoms with E-state index in [0.717, 1.165) is 16.6 Å². The molecule has 0 aliphatic carbocycles. The predicted octanol–water partition coefficient (Wildman–Crippen LogP) is 2.78. The molecule has 5 heterocycles. The van der Waals surface area contributed by atoms with Crippen LogP contribution in [-0.4, -0.2) is 79.4 Å². The highest BCUT2D eigenvalue weighted by molar-refractivity contribution is 7.90. The Hall–Kier alpha value is -4.29. The van der Waals surface area contributed by atoms with E-state index in [0.29, 0.717) is 49.5 Å². The molecule has 0 atom stereocenters. The lowest BCUT2D eigenvalue weighted by Gasteiger charge is -2.33. The maximum absolute atomic E-state index is 13.9. The van der Waals surface area contributed by atoms with Crippen molar-refractivity contribution in [2.24, 2.45) is 0 Å². The van der Waals surface area contributed by atoms with E-state index in [4.69, 9.17) is 0 Å². The molecule has 0 saturated carbocycles. The van der Waals surface area contributed by atoms with Crippen LogP contribution in [0.15, 0.2) is 78.1 Å². The van der Waals surface area contributed by atoms with E-state index in [-0.39, 0.29) is 4.90 Å². The van der Waals surface area contributed by atoms with Crippen LogP contribution >= 0.6 is 0 Å². The fourth-order valence-electron chi connectivity index (χ4n) is 4.81. The highest BCUT2D eigenvalue weighted by Crippen LogP contribution is 2.34. The van der Waals surface area contributed by atoms with E-state index in [2.05, 4.69) is 20.1 Å². The SMILES string of the molecule is O=C(O)N1CCN(Cc2cc3c(-c4cnn5ncccc45)ccnc3n2S(=O)(=O)c2ccccc2)CC1. The molecule has 0 bridgehead atoms. The maximum atomic E-state index is 13.9. The Kier molecular flexibility index (Phi) is 5.61. The minimum absolute atomic E-state index is 0.164. The van der Waals surface area contributed by atoms with Gasteiger partial charge in [0.05, 0.1) is 22.3 Å². The van der Waals surface area contributed by atoms with Crippen LogP contribution in [0.4, 0.5) is 4.79 Å². The van der Waals surface area contributed by atoms with Crippen molar-refractivity contribution in [2.45, 2.75) is 11.4 Å². The Labute approximate surface area is 212 Å². The first-order valence-electron chi connectivity index (χ1n) is 11.7. The summed E-state index contributed by atoms with van der Waals surface area (Å²) in [6.07, 6.45) is 4.02. The van der Waals surface area contributed by atoms with Crippen LogP contribution in [0.3, 0.4) is 0 Å². The molecule has 188 valence electrons. The number of benzene rings is 1. The van der Waals surface area contributed by atoms with Crippen molar-refractivity contribution < 1.29 is 18.3 Å². The first-order valence-corrected chi connectivity index (χ1v) is 13.2. The van der Waals surface area contributed by atoms with Gasteiger partial charge >= 0.3 is 6.09 Å². The average Bonchev–Trinajstić information content (AvgIpc) is 3.51. The number of amides is 1. The molecule has 1 amide bonds. The van der Waals surface area contributed by atoms with Gasteiger partial charge in [0.2, 0.25) is 0 Å². The molecule has 37 heavy (non-hydrogen) atoms. The third-order valence-corrected chi connectivity index (χ3v) is 8.39. The normalized spacial score (nSPS) is 15.0. The molecule has 1 N–H and O–H groups in total.